The van der Waals surface area contributed by atoms with Crippen LogP contribution in [0.1, 0.15) is 6.92 Å². The fourth-order valence-electron chi connectivity index (χ4n) is 1.85. The van der Waals surface area contributed by atoms with E-state index in [2.05, 4.69) is 15.9 Å². The molecule has 2 atom stereocenters. The van der Waals surface area contributed by atoms with Crippen molar-refractivity contribution in [3.63, 3.8) is 0 Å². The Morgan fingerprint density at radius 1 is 1.50 bits per heavy atom. The first kappa shape index (κ1) is 13.2. The quantitative estimate of drug-likeness (QED) is 0.802. The van der Waals surface area contributed by atoms with E-state index in [-0.39, 0.29) is 16.8 Å². The molecule has 0 aliphatic carbocycles. The van der Waals surface area contributed by atoms with Gasteiger partial charge in [-0.3, -0.25) is 4.79 Å². The van der Waals surface area contributed by atoms with Gasteiger partial charge in [0.15, 0.2) is 17.6 Å². The van der Waals surface area contributed by atoms with Gasteiger partial charge in [0.1, 0.15) is 6.61 Å². The van der Waals surface area contributed by atoms with E-state index in [1.165, 1.54) is 0 Å². The van der Waals surface area contributed by atoms with Crippen LogP contribution in [0.3, 0.4) is 0 Å². The summed E-state index contributed by atoms with van der Waals surface area (Å²) in [5, 5.41) is 0. The maximum atomic E-state index is 11.7. The SMILES string of the molecule is CC(Br)C(=O)N(C)CC1COc2ccccc2O1. The predicted molar refractivity (Wildman–Crippen MR) is 72.4 cm³/mol. The van der Waals surface area contributed by atoms with Gasteiger partial charge >= 0.3 is 0 Å². The van der Waals surface area contributed by atoms with Gasteiger partial charge in [0.25, 0.3) is 0 Å². The number of amides is 1. The number of halogens is 1. The number of fused-ring (bicyclic) bond motifs is 1. The Morgan fingerprint density at radius 3 is 2.83 bits per heavy atom. The Kier molecular flexibility index (Phi) is 4.11. The van der Waals surface area contributed by atoms with Gasteiger partial charge in [-0.2, -0.15) is 0 Å². The van der Waals surface area contributed by atoms with Crippen molar-refractivity contribution in [3.8, 4) is 11.5 Å². The predicted octanol–water partition coefficient (Wildman–Crippen LogP) is 2.07. The van der Waals surface area contributed by atoms with Crippen LogP contribution in [0.4, 0.5) is 0 Å². The Morgan fingerprint density at radius 2 is 2.17 bits per heavy atom. The Hall–Kier alpha value is -1.23. The van der Waals surface area contributed by atoms with Gasteiger partial charge in [0, 0.05) is 7.05 Å². The summed E-state index contributed by atoms with van der Waals surface area (Å²) in [6.45, 7) is 2.79. The lowest BCUT2D eigenvalue weighted by molar-refractivity contribution is -0.130. The molecule has 0 spiro atoms. The summed E-state index contributed by atoms with van der Waals surface area (Å²) in [4.78, 5) is 13.2. The summed E-state index contributed by atoms with van der Waals surface area (Å²) in [5.41, 5.74) is 0. The van der Waals surface area contributed by atoms with E-state index in [4.69, 9.17) is 9.47 Å². The Balaban J connectivity index is 1.96. The molecular weight excluding hydrogens is 298 g/mol. The minimum Gasteiger partial charge on any atom is -0.486 e. The molecule has 1 amide bonds. The summed E-state index contributed by atoms with van der Waals surface area (Å²) in [5.74, 6) is 1.54. The van der Waals surface area contributed by atoms with Crippen molar-refractivity contribution in [2.75, 3.05) is 20.2 Å². The normalized spacial score (nSPS) is 19.2. The molecule has 0 N–H and O–H groups in total. The van der Waals surface area contributed by atoms with E-state index in [0.717, 1.165) is 11.5 Å². The van der Waals surface area contributed by atoms with Crippen molar-refractivity contribution in [1.82, 2.24) is 4.90 Å². The molecule has 5 heteroatoms. The van der Waals surface area contributed by atoms with Crippen molar-refractivity contribution in [2.24, 2.45) is 0 Å². The first-order valence-corrected chi connectivity index (χ1v) is 6.77. The van der Waals surface area contributed by atoms with Gasteiger partial charge < -0.3 is 14.4 Å². The van der Waals surface area contributed by atoms with Crippen LogP contribution in [0.2, 0.25) is 0 Å². The highest BCUT2D eigenvalue weighted by Gasteiger charge is 2.24. The molecule has 4 nitrogen and oxygen atoms in total. The van der Waals surface area contributed by atoms with Crippen molar-refractivity contribution < 1.29 is 14.3 Å². The van der Waals surface area contributed by atoms with Gasteiger partial charge in [-0.15, -0.1) is 0 Å². The maximum Gasteiger partial charge on any atom is 0.235 e. The number of nitrogens with zero attached hydrogens (tertiary/aromatic N) is 1. The molecular formula is C13H16BrNO3. The lowest BCUT2D eigenvalue weighted by Gasteiger charge is -2.30. The van der Waals surface area contributed by atoms with Crippen molar-refractivity contribution in [3.05, 3.63) is 24.3 Å². The number of rotatable bonds is 3. The minimum atomic E-state index is -0.181. The van der Waals surface area contributed by atoms with Gasteiger partial charge in [-0.25, -0.2) is 0 Å². The van der Waals surface area contributed by atoms with E-state index in [0.29, 0.717) is 13.2 Å². The highest BCUT2D eigenvalue weighted by molar-refractivity contribution is 9.10. The first-order valence-electron chi connectivity index (χ1n) is 5.85. The van der Waals surface area contributed by atoms with Crippen molar-refractivity contribution in [1.29, 1.82) is 0 Å². The van der Waals surface area contributed by atoms with Crippen LogP contribution in [0.25, 0.3) is 0 Å². The number of ether oxygens (including phenoxy) is 2. The molecule has 98 valence electrons. The third-order valence-electron chi connectivity index (χ3n) is 2.76. The van der Waals surface area contributed by atoms with Gasteiger partial charge in [0.05, 0.1) is 11.4 Å². The summed E-state index contributed by atoms with van der Waals surface area (Å²) < 4.78 is 11.4. The molecule has 1 aromatic carbocycles. The van der Waals surface area contributed by atoms with Crippen molar-refractivity contribution in [2.45, 2.75) is 17.9 Å². The van der Waals surface area contributed by atoms with Crippen LogP contribution in [-0.4, -0.2) is 41.9 Å². The van der Waals surface area contributed by atoms with Crippen LogP contribution >= 0.6 is 15.9 Å². The topological polar surface area (TPSA) is 38.8 Å². The fourth-order valence-corrected chi connectivity index (χ4v) is 2.20. The summed E-state index contributed by atoms with van der Waals surface area (Å²) in [7, 11) is 1.77. The lowest BCUT2D eigenvalue weighted by Crippen LogP contribution is -2.43. The molecule has 2 rings (SSSR count). The molecule has 0 saturated carbocycles. The third-order valence-corrected chi connectivity index (χ3v) is 3.15. The van der Waals surface area contributed by atoms with E-state index >= 15 is 0 Å². The second-order valence-electron chi connectivity index (χ2n) is 4.33. The van der Waals surface area contributed by atoms with Crippen LogP contribution in [0, 0.1) is 0 Å². The number of carbonyl (C=O) groups excluding carboxylic acids is 1. The smallest absolute Gasteiger partial charge is 0.235 e. The standard InChI is InChI=1S/C13H16BrNO3/c1-9(14)13(16)15(2)7-10-8-17-11-5-3-4-6-12(11)18-10/h3-6,9-10H,7-8H2,1-2H3. The second kappa shape index (κ2) is 5.61. The van der Waals surface area contributed by atoms with E-state index < -0.39 is 0 Å². The Labute approximate surface area is 115 Å². The number of para-hydroxylation sites is 2. The maximum absolute atomic E-state index is 11.7. The van der Waals surface area contributed by atoms with Crippen molar-refractivity contribution >= 4 is 21.8 Å². The summed E-state index contributed by atoms with van der Waals surface area (Å²) in [6, 6.07) is 7.56. The van der Waals surface area contributed by atoms with Gasteiger partial charge in [-0.05, 0) is 19.1 Å². The zero-order valence-corrected chi connectivity index (χ0v) is 12.0. The molecule has 0 saturated heterocycles. The number of likely N-dealkylation sites (N-methyl/N-ethyl adjacent to an activating group) is 1. The van der Waals surface area contributed by atoms with Gasteiger partial charge in [0.2, 0.25) is 5.91 Å². The molecule has 18 heavy (non-hydrogen) atoms. The number of hydrogen-bond donors (Lipinski definition) is 0. The summed E-state index contributed by atoms with van der Waals surface area (Å²) in [6.07, 6.45) is -0.125. The van der Waals surface area contributed by atoms with Gasteiger partial charge in [-0.1, -0.05) is 28.1 Å². The Bertz CT molecular complexity index is 436. The van der Waals surface area contributed by atoms with Crippen LogP contribution < -0.4 is 9.47 Å². The monoisotopic (exact) mass is 313 g/mol. The molecule has 1 aliphatic rings. The molecule has 1 aliphatic heterocycles. The van der Waals surface area contributed by atoms with Crippen LogP contribution in [0.15, 0.2) is 24.3 Å². The molecule has 2 unspecified atom stereocenters. The lowest BCUT2D eigenvalue weighted by atomic mass is 10.2. The fraction of sp³-hybridized carbons (Fsp3) is 0.462. The second-order valence-corrected chi connectivity index (χ2v) is 5.71. The molecule has 0 fully saturated rings. The molecule has 0 radical (unpaired) electrons. The largest absolute Gasteiger partial charge is 0.486 e. The number of carbonyl (C=O) groups is 1. The van der Waals surface area contributed by atoms with E-state index in [9.17, 15) is 4.79 Å². The minimum absolute atomic E-state index is 0.0393. The highest BCUT2D eigenvalue weighted by Crippen LogP contribution is 2.30. The summed E-state index contributed by atoms with van der Waals surface area (Å²) >= 11 is 3.27. The average molecular weight is 314 g/mol. The van der Waals surface area contributed by atoms with E-state index in [1.54, 1.807) is 11.9 Å². The number of hydrogen-bond acceptors (Lipinski definition) is 3. The molecule has 1 aromatic rings. The zero-order valence-electron chi connectivity index (χ0n) is 10.4. The molecule has 0 aromatic heterocycles. The molecule has 0 bridgehead atoms. The number of alkyl halides is 1. The molecule has 1 heterocycles. The van der Waals surface area contributed by atoms with Crippen LogP contribution in [-0.2, 0) is 4.79 Å². The number of benzene rings is 1. The first-order chi connectivity index (χ1) is 8.58. The van der Waals surface area contributed by atoms with E-state index in [1.807, 2.05) is 31.2 Å². The third kappa shape index (κ3) is 2.96. The average Bonchev–Trinajstić information content (AvgIpc) is 2.37. The zero-order chi connectivity index (χ0) is 13.1. The highest BCUT2D eigenvalue weighted by atomic mass is 79.9. The van der Waals surface area contributed by atoms with Crippen LogP contribution in [0.5, 0.6) is 11.5 Å².